The first-order valence-electron chi connectivity index (χ1n) is 7.93. The fourth-order valence-corrected chi connectivity index (χ4v) is 3.06. The molecule has 1 aromatic heterocycles. The van der Waals surface area contributed by atoms with Crippen LogP contribution in [-0.2, 0) is 11.0 Å². The number of piperazine rings is 1. The molecule has 1 amide bonds. The molecule has 1 fully saturated rings. The second-order valence-electron chi connectivity index (χ2n) is 5.89. The zero-order valence-corrected chi connectivity index (χ0v) is 16.3. The van der Waals surface area contributed by atoms with Crippen LogP contribution in [0.2, 0.25) is 0 Å². The van der Waals surface area contributed by atoms with Crippen LogP contribution in [0.15, 0.2) is 6.07 Å². The summed E-state index contributed by atoms with van der Waals surface area (Å²) < 4.78 is 38.7. The summed E-state index contributed by atoms with van der Waals surface area (Å²) in [4.78, 5) is 23.3. The Labute approximate surface area is 161 Å². The third-order valence-corrected chi connectivity index (χ3v) is 4.60. The van der Waals surface area contributed by atoms with E-state index in [1.807, 2.05) is 6.26 Å². The van der Waals surface area contributed by atoms with Gasteiger partial charge in [0.05, 0.1) is 6.04 Å². The van der Waals surface area contributed by atoms with Crippen molar-refractivity contribution in [2.24, 2.45) is 5.73 Å². The first kappa shape index (κ1) is 22.8. The van der Waals surface area contributed by atoms with Crippen molar-refractivity contribution in [3.05, 3.63) is 17.5 Å². The summed E-state index contributed by atoms with van der Waals surface area (Å²) >= 11 is 1.63. The van der Waals surface area contributed by atoms with E-state index in [0.717, 1.165) is 11.8 Å². The molecular formula is C15H23ClF3N5OS. The van der Waals surface area contributed by atoms with Gasteiger partial charge >= 0.3 is 6.18 Å². The number of anilines is 1. The van der Waals surface area contributed by atoms with Crippen molar-refractivity contribution in [3.63, 3.8) is 0 Å². The van der Waals surface area contributed by atoms with Gasteiger partial charge in [-0.1, -0.05) is 0 Å². The summed E-state index contributed by atoms with van der Waals surface area (Å²) in [5.74, 6) is 0.741. The predicted molar refractivity (Wildman–Crippen MR) is 98.8 cm³/mol. The average molecular weight is 414 g/mol. The lowest BCUT2D eigenvalue weighted by Gasteiger charge is -2.36. The average Bonchev–Trinajstić information content (AvgIpc) is 2.57. The Balaban J connectivity index is 0.00000338. The number of nitrogens with two attached hydrogens (primary N) is 1. The SMILES string of the molecule is CSCC[C@H](N)C(=O)N1CCN(c2nc(C)cc(C(F)(F)F)n2)CC1.Cl. The van der Waals surface area contributed by atoms with Crippen LogP contribution in [0.5, 0.6) is 0 Å². The van der Waals surface area contributed by atoms with Crippen molar-refractivity contribution in [2.75, 3.05) is 43.1 Å². The molecule has 1 aliphatic rings. The van der Waals surface area contributed by atoms with Crippen LogP contribution in [-0.4, -0.2) is 65.0 Å². The third-order valence-electron chi connectivity index (χ3n) is 3.96. The second kappa shape index (κ2) is 9.61. The van der Waals surface area contributed by atoms with E-state index in [1.165, 1.54) is 6.92 Å². The van der Waals surface area contributed by atoms with E-state index >= 15 is 0 Å². The van der Waals surface area contributed by atoms with Gasteiger partial charge in [-0.25, -0.2) is 9.97 Å². The molecule has 2 rings (SSSR count). The third kappa shape index (κ3) is 5.88. The van der Waals surface area contributed by atoms with Crippen LogP contribution in [0.1, 0.15) is 17.8 Å². The molecule has 148 valence electrons. The number of alkyl halides is 3. The van der Waals surface area contributed by atoms with Gasteiger partial charge in [-0.15, -0.1) is 12.4 Å². The number of aryl methyl sites for hydroxylation is 1. The quantitative estimate of drug-likeness (QED) is 0.795. The lowest BCUT2D eigenvalue weighted by molar-refractivity contribution is -0.141. The molecule has 0 aliphatic carbocycles. The Bertz CT molecular complexity index is 611. The van der Waals surface area contributed by atoms with Crippen molar-refractivity contribution < 1.29 is 18.0 Å². The smallest absolute Gasteiger partial charge is 0.338 e. The van der Waals surface area contributed by atoms with E-state index in [0.29, 0.717) is 32.6 Å². The molecule has 2 N–H and O–H groups in total. The number of rotatable bonds is 5. The number of thioether (sulfide) groups is 1. The molecule has 6 nitrogen and oxygen atoms in total. The van der Waals surface area contributed by atoms with Gasteiger partial charge in [-0.05, 0) is 31.4 Å². The molecular weight excluding hydrogens is 391 g/mol. The Morgan fingerprint density at radius 2 is 1.92 bits per heavy atom. The highest BCUT2D eigenvalue weighted by atomic mass is 35.5. The van der Waals surface area contributed by atoms with Gasteiger partial charge in [0.25, 0.3) is 0 Å². The maximum absolute atomic E-state index is 12.9. The number of nitrogens with zero attached hydrogens (tertiary/aromatic N) is 4. The van der Waals surface area contributed by atoms with Crippen molar-refractivity contribution in [1.82, 2.24) is 14.9 Å². The largest absolute Gasteiger partial charge is 0.433 e. The summed E-state index contributed by atoms with van der Waals surface area (Å²) in [6.07, 6.45) is -1.95. The highest BCUT2D eigenvalue weighted by Crippen LogP contribution is 2.29. The Hall–Kier alpha value is -1.26. The fraction of sp³-hybridized carbons (Fsp3) is 0.667. The van der Waals surface area contributed by atoms with Crippen molar-refractivity contribution in [3.8, 4) is 0 Å². The van der Waals surface area contributed by atoms with E-state index in [9.17, 15) is 18.0 Å². The molecule has 1 aliphatic heterocycles. The van der Waals surface area contributed by atoms with Crippen molar-refractivity contribution in [2.45, 2.75) is 25.6 Å². The number of hydrogen-bond acceptors (Lipinski definition) is 6. The minimum atomic E-state index is -4.51. The molecule has 26 heavy (non-hydrogen) atoms. The van der Waals surface area contributed by atoms with Gasteiger partial charge in [-0.2, -0.15) is 24.9 Å². The molecule has 1 atom stereocenters. The van der Waals surface area contributed by atoms with Gasteiger partial charge in [-0.3, -0.25) is 4.79 Å². The van der Waals surface area contributed by atoms with E-state index in [-0.39, 0.29) is 30.0 Å². The lowest BCUT2D eigenvalue weighted by atomic mass is 10.2. The first-order valence-corrected chi connectivity index (χ1v) is 9.33. The summed E-state index contributed by atoms with van der Waals surface area (Å²) in [6.45, 7) is 3.04. The standard InChI is InChI=1S/C15H22F3N5OS.ClH/c1-10-9-12(15(16,17)18)21-14(20-10)23-6-4-22(5-7-23)13(24)11(19)3-8-25-2;/h9,11H,3-8,19H2,1-2H3;1H/t11-;/m0./s1. The van der Waals surface area contributed by atoms with Crippen molar-refractivity contribution >= 4 is 36.0 Å². The fourth-order valence-electron chi connectivity index (χ4n) is 2.57. The van der Waals surface area contributed by atoms with Crippen molar-refractivity contribution in [1.29, 1.82) is 0 Å². The van der Waals surface area contributed by atoms with E-state index in [4.69, 9.17) is 5.73 Å². The minimum Gasteiger partial charge on any atom is -0.338 e. The molecule has 1 aromatic rings. The van der Waals surface area contributed by atoms with Crippen LogP contribution >= 0.6 is 24.2 Å². The van der Waals surface area contributed by atoms with Gasteiger partial charge in [0, 0.05) is 31.9 Å². The summed E-state index contributed by atoms with van der Waals surface area (Å²) in [6, 6.07) is 0.389. The van der Waals surface area contributed by atoms with Gasteiger partial charge < -0.3 is 15.5 Å². The maximum Gasteiger partial charge on any atom is 0.433 e. The normalized spacial score (nSPS) is 16.2. The highest BCUT2D eigenvalue weighted by molar-refractivity contribution is 7.98. The predicted octanol–water partition coefficient (Wildman–Crippen LogP) is 1.95. The minimum absolute atomic E-state index is 0. The lowest BCUT2D eigenvalue weighted by Crippen LogP contribution is -2.53. The monoisotopic (exact) mass is 413 g/mol. The molecule has 0 aromatic carbocycles. The van der Waals surface area contributed by atoms with Gasteiger partial charge in [0.2, 0.25) is 11.9 Å². The number of carbonyl (C=O) groups excluding carboxylic acids is 1. The van der Waals surface area contributed by atoms with E-state index < -0.39 is 17.9 Å². The summed E-state index contributed by atoms with van der Waals surface area (Å²) in [7, 11) is 0. The Kier molecular flexibility index (Phi) is 8.42. The molecule has 2 heterocycles. The highest BCUT2D eigenvalue weighted by Gasteiger charge is 2.34. The van der Waals surface area contributed by atoms with Crippen LogP contribution in [0.25, 0.3) is 0 Å². The Morgan fingerprint density at radius 1 is 1.31 bits per heavy atom. The van der Waals surface area contributed by atoms with E-state index in [2.05, 4.69) is 9.97 Å². The summed E-state index contributed by atoms with van der Waals surface area (Å²) in [5, 5.41) is 0. The van der Waals surface area contributed by atoms with Crippen LogP contribution in [0, 0.1) is 6.92 Å². The zero-order chi connectivity index (χ0) is 18.6. The number of hydrogen-bond donors (Lipinski definition) is 1. The molecule has 1 saturated heterocycles. The second-order valence-corrected chi connectivity index (χ2v) is 6.88. The molecule has 0 bridgehead atoms. The zero-order valence-electron chi connectivity index (χ0n) is 14.6. The maximum atomic E-state index is 12.9. The van der Waals surface area contributed by atoms with Crippen LogP contribution in [0.4, 0.5) is 19.1 Å². The topological polar surface area (TPSA) is 75.4 Å². The molecule has 11 heteroatoms. The van der Waals surface area contributed by atoms with Crippen LogP contribution < -0.4 is 10.6 Å². The number of halogens is 4. The van der Waals surface area contributed by atoms with Crippen LogP contribution in [0.3, 0.4) is 0 Å². The van der Waals surface area contributed by atoms with Gasteiger partial charge in [0.15, 0.2) is 0 Å². The molecule has 0 radical (unpaired) electrons. The first-order chi connectivity index (χ1) is 11.7. The number of aromatic nitrogens is 2. The Morgan fingerprint density at radius 3 is 2.46 bits per heavy atom. The van der Waals surface area contributed by atoms with E-state index in [1.54, 1.807) is 21.6 Å². The molecule has 0 unspecified atom stereocenters. The number of carbonyl (C=O) groups is 1. The van der Waals surface area contributed by atoms with Gasteiger partial charge in [0.1, 0.15) is 5.69 Å². The molecule has 0 saturated carbocycles. The number of amides is 1. The summed E-state index contributed by atoms with van der Waals surface area (Å²) in [5.41, 5.74) is 5.21. The molecule has 0 spiro atoms.